The molecule has 1 aromatic rings. The monoisotopic (exact) mass is 338 g/mol. The van der Waals surface area contributed by atoms with Crippen molar-refractivity contribution in [1.82, 2.24) is 9.62 Å². The molecule has 1 saturated heterocycles. The topological polar surface area (TPSA) is 66.5 Å². The Labute approximate surface area is 139 Å². The van der Waals surface area contributed by atoms with E-state index in [0.29, 0.717) is 25.9 Å². The number of carbonyl (C=O) groups is 1. The van der Waals surface area contributed by atoms with Gasteiger partial charge in [0.1, 0.15) is 0 Å². The van der Waals surface area contributed by atoms with Gasteiger partial charge in [-0.15, -0.1) is 0 Å². The van der Waals surface area contributed by atoms with Crippen molar-refractivity contribution in [3.8, 4) is 0 Å². The second-order valence-corrected chi connectivity index (χ2v) is 7.76. The lowest BCUT2D eigenvalue weighted by atomic mass is 9.99. The minimum atomic E-state index is -3.48. The molecule has 0 aromatic heterocycles. The summed E-state index contributed by atoms with van der Waals surface area (Å²) in [7, 11) is -3.48. The van der Waals surface area contributed by atoms with Crippen LogP contribution in [0.1, 0.15) is 39.5 Å². The molecule has 0 unspecified atom stereocenters. The van der Waals surface area contributed by atoms with Gasteiger partial charge in [0.05, 0.1) is 4.90 Å². The number of rotatable bonds is 6. The first-order chi connectivity index (χ1) is 11.0. The Morgan fingerprint density at radius 1 is 1.17 bits per heavy atom. The molecule has 1 N–H and O–H groups in total. The van der Waals surface area contributed by atoms with Crippen LogP contribution in [0.25, 0.3) is 0 Å². The second-order valence-electron chi connectivity index (χ2n) is 6.05. The zero-order valence-corrected chi connectivity index (χ0v) is 14.7. The second kappa shape index (κ2) is 7.93. The Bertz CT molecular complexity index is 604. The van der Waals surface area contributed by atoms with Crippen LogP contribution in [0.15, 0.2) is 35.2 Å². The van der Waals surface area contributed by atoms with Crippen molar-refractivity contribution in [1.29, 1.82) is 0 Å². The first-order valence-electron chi connectivity index (χ1n) is 8.34. The number of piperidine rings is 1. The number of nitrogens with zero attached hydrogens (tertiary/aromatic N) is 1. The smallest absolute Gasteiger partial charge is 0.240 e. The van der Waals surface area contributed by atoms with Gasteiger partial charge in [0.15, 0.2) is 0 Å². The van der Waals surface area contributed by atoms with Gasteiger partial charge < -0.3 is 4.90 Å². The van der Waals surface area contributed by atoms with Gasteiger partial charge in [-0.25, -0.2) is 13.1 Å². The van der Waals surface area contributed by atoms with Gasteiger partial charge in [-0.2, -0.15) is 0 Å². The molecule has 0 radical (unpaired) electrons. The molecule has 0 saturated carbocycles. The standard InChI is InChI=1S/C17H26N2O3S/c1-3-14(4-2)17(20)19-12-10-15(11-13-19)18-23(21,22)16-8-6-5-7-9-16/h5-9,14-15,18H,3-4,10-13H2,1-2H3. The van der Waals surface area contributed by atoms with Crippen molar-refractivity contribution in [2.24, 2.45) is 5.92 Å². The maximum Gasteiger partial charge on any atom is 0.240 e. The zero-order valence-electron chi connectivity index (χ0n) is 13.9. The van der Waals surface area contributed by atoms with Crippen LogP contribution < -0.4 is 4.72 Å². The number of carbonyl (C=O) groups excluding carboxylic acids is 1. The molecular weight excluding hydrogens is 312 g/mol. The minimum Gasteiger partial charge on any atom is -0.342 e. The van der Waals surface area contributed by atoms with Crippen molar-refractivity contribution >= 4 is 15.9 Å². The third-order valence-corrected chi connectivity index (χ3v) is 6.05. The first kappa shape index (κ1) is 17.9. The zero-order chi connectivity index (χ0) is 16.9. The molecule has 1 aromatic carbocycles. The average Bonchev–Trinajstić information content (AvgIpc) is 2.57. The highest BCUT2D eigenvalue weighted by atomic mass is 32.2. The summed E-state index contributed by atoms with van der Waals surface area (Å²) in [5.41, 5.74) is 0. The molecule has 1 heterocycles. The van der Waals surface area contributed by atoms with Crippen molar-refractivity contribution < 1.29 is 13.2 Å². The third-order valence-electron chi connectivity index (χ3n) is 4.52. The van der Waals surface area contributed by atoms with Crippen LogP contribution in [0.2, 0.25) is 0 Å². The molecule has 0 atom stereocenters. The molecule has 1 fully saturated rings. The number of amides is 1. The molecule has 23 heavy (non-hydrogen) atoms. The average molecular weight is 338 g/mol. The number of benzene rings is 1. The Morgan fingerprint density at radius 3 is 2.26 bits per heavy atom. The lowest BCUT2D eigenvalue weighted by Crippen LogP contribution is -2.47. The highest BCUT2D eigenvalue weighted by molar-refractivity contribution is 7.89. The van der Waals surface area contributed by atoms with E-state index in [1.54, 1.807) is 30.3 Å². The van der Waals surface area contributed by atoms with Crippen LogP contribution in [-0.2, 0) is 14.8 Å². The molecule has 1 amide bonds. The van der Waals surface area contributed by atoms with Gasteiger partial charge in [0.25, 0.3) is 0 Å². The fourth-order valence-corrected chi connectivity index (χ4v) is 4.33. The van der Waals surface area contributed by atoms with Crippen molar-refractivity contribution in [3.63, 3.8) is 0 Å². The summed E-state index contributed by atoms with van der Waals surface area (Å²) in [4.78, 5) is 14.5. The van der Waals surface area contributed by atoms with Gasteiger partial charge in [0, 0.05) is 25.0 Å². The number of likely N-dealkylation sites (tertiary alicyclic amines) is 1. The Balaban J connectivity index is 1.91. The first-order valence-corrected chi connectivity index (χ1v) is 9.82. The van der Waals surface area contributed by atoms with Gasteiger partial charge in [-0.1, -0.05) is 32.0 Å². The van der Waals surface area contributed by atoms with E-state index < -0.39 is 10.0 Å². The molecule has 0 bridgehead atoms. The van der Waals surface area contributed by atoms with Crippen LogP contribution in [0.5, 0.6) is 0 Å². The van der Waals surface area contributed by atoms with E-state index in [0.717, 1.165) is 12.8 Å². The van der Waals surface area contributed by atoms with Crippen LogP contribution >= 0.6 is 0 Å². The summed E-state index contributed by atoms with van der Waals surface area (Å²) in [6.07, 6.45) is 3.04. The minimum absolute atomic E-state index is 0.0903. The van der Waals surface area contributed by atoms with E-state index in [2.05, 4.69) is 4.72 Å². The fraction of sp³-hybridized carbons (Fsp3) is 0.588. The van der Waals surface area contributed by atoms with Gasteiger partial charge in [-0.3, -0.25) is 4.79 Å². The van der Waals surface area contributed by atoms with Gasteiger partial charge in [0.2, 0.25) is 15.9 Å². The molecule has 2 rings (SSSR count). The van der Waals surface area contributed by atoms with E-state index in [-0.39, 0.29) is 22.8 Å². The van der Waals surface area contributed by atoms with Crippen molar-refractivity contribution in [2.45, 2.75) is 50.5 Å². The highest BCUT2D eigenvalue weighted by Gasteiger charge is 2.28. The summed E-state index contributed by atoms with van der Waals surface area (Å²) in [5.74, 6) is 0.298. The highest BCUT2D eigenvalue weighted by Crippen LogP contribution is 2.19. The lowest BCUT2D eigenvalue weighted by Gasteiger charge is -2.34. The third kappa shape index (κ3) is 4.54. The normalized spacial score (nSPS) is 16.7. The predicted octanol–water partition coefficient (Wildman–Crippen LogP) is 2.39. The number of hydrogen-bond donors (Lipinski definition) is 1. The van der Waals surface area contributed by atoms with E-state index in [4.69, 9.17) is 0 Å². The van der Waals surface area contributed by atoms with Crippen LogP contribution in [0.3, 0.4) is 0 Å². The molecule has 6 heteroatoms. The summed E-state index contributed by atoms with van der Waals surface area (Å²) in [5, 5.41) is 0. The van der Waals surface area contributed by atoms with E-state index in [1.807, 2.05) is 18.7 Å². The summed E-state index contributed by atoms with van der Waals surface area (Å²) >= 11 is 0. The lowest BCUT2D eigenvalue weighted by molar-refractivity contribution is -0.136. The molecule has 1 aliphatic rings. The van der Waals surface area contributed by atoms with Crippen LogP contribution in [0, 0.1) is 5.92 Å². The van der Waals surface area contributed by atoms with E-state index >= 15 is 0 Å². The number of sulfonamides is 1. The Kier molecular flexibility index (Phi) is 6.18. The maximum absolute atomic E-state index is 12.4. The quantitative estimate of drug-likeness (QED) is 0.866. The molecule has 5 nitrogen and oxygen atoms in total. The molecular formula is C17H26N2O3S. The Hall–Kier alpha value is -1.40. The molecule has 0 aliphatic carbocycles. The fourth-order valence-electron chi connectivity index (χ4n) is 3.00. The van der Waals surface area contributed by atoms with Gasteiger partial charge in [-0.05, 0) is 37.8 Å². The van der Waals surface area contributed by atoms with E-state index in [9.17, 15) is 13.2 Å². The molecule has 128 valence electrons. The van der Waals surface area contributed by atoms with E-state index in [1.165, 1.54) is 0 Å². The predicted molar refractivity (Wildman–Crippen MR) is 90.4 cm³/mol. The largest absolute Gasteiger partial charge is 0.342 e. The Morgan fingerprint density at radius 2 is 1.74 bits per heavy atom. The van der Waals surface area contributed by atoms with Crippen LogP contribution in [-0.4, -0.2) is 38.4 Å². The summed E-state index contributed by atoms with van der Waals surface area (Å²) < 4.78 is 27.4. The van der Waals surface area contributed by atoms with Crippen molar-refractivity contribution in [2.75, 3.05) is 13.1 Å². The maximum atomic E-state index is 12.4. The SMILES string of the molecule is CCC(CC)C(=O)N1CCC(NS(=O)(=O)c2ccccc2)CC1. The number of hydrogen-bond acceptors (Lipinski definition) is 3. The van der Waals surface area contributed by atoms with Gasteiger partial charge >= 0.3 is 0 Å². The van der Waals surface area contributed by atoms with Crippen molar-refractivity contribution in [3.05, 3.63) is 30.3 Å². The number of nitrogens with one attached hydrogen (secondary N) is 1. The summed E-state index contributed by atoms with van der Waals surface area (Å²) in [6, 6.07) is 8.30. The van der Waals surface area contributed by atoms with Crippen LogP contribution in [0.4, 0.5) is 0 Å². The molecule has 0 spiro atoms. The molecule has 1 aliphatic heterocycles. The summed E-state index contributed by atoms with van der Waals surface area (Å²) in [6.45, 7) is 5.31.